The number of thioether (sulfide) groups is 1. The molecule has 4 rings (SSSR count). The first-order valence-corrected chi connectivity index (χ1v) is 12.5. The highest BCUT2D eigenvalue weighted by Gasteiger charge is 2.49. The molecule has 3 fully saturated rings. The molecule has 1 aromatic rings. The number of sulfone groups is 1. The molecule has 0 N–H and O–H groups in total. The van der Waals surface area contributed by atoms with Crippen LogP contribution in [0, 0.1) is 12.8 Å². The molecule has 0 aromatic heterocycles. The zero-order valence-electron chi connectivity index (χ0n) is 15.6. The third-order valence-electron chi connectivity index (χ3n) is 5.90. The number of aryl methyl sites for hydroxylation is 1. The Bertz CT molecular complexity index is 860. The summed E-state index contributed by atoms with van der Waals surface area (Å²) >= 11 is 1.46. The zero-order chi connectivity index (χ0) is 19.0. The lowest BCUT2D eigenvalue weighted by Crippen LogP contribution is -2.38. The van der Waals surface area contributed by atoms with Gasteiger partial charge in [0, 0.05) is 17.4 Å². The van der Waals surface area contributed by atoms with Gasteiger partial charge in [-0.1, -0.05) is 55.6 Å². The highest BCUT2D eigenvalue weighted by Crippen LogP contribution is 2.42. The molecule has 146 valence electrons. The number of rotatable bonds is 4. The van der Waals surface area contributed by atoms with E-state index < -0.39 is 9.84 Å². The second-order valence-electron chi connectivity index (χ2n) is 7.93. The summed E-state index contributed by atoms with van der Waals surface area (Å²) in [5.74, 6) is 0.891. The van der Waals surface area contributed by atoms with Crippen LogP contribution < -0.4 is 4.90 Å². The number of amides is 1. The first kappa shape index (κ1) is 19.0. The summed E-state index contributed by atoms with van der Waals surface area (Å²) < 4.78 is 24.3. The van der Waals surface area contributed by atoms with Crippen molar-refractivity contribution in [1.82, 2.24) is 0 Å². The molecule has 2 aliphatic heterocycles. The van der Waals surface area contributed by atoms with Crippen LogP contribution in [0.2, 0.25) is 0 Å². The van der Waals surface area contributed by atoms with Crippen molar-refractivity contribution < 1.29 is 13.2 Å². The molecule has 27 heavy (non-hydrogen) atoms. The van der Waals surface area contributed by atoms with Crippen LogP contribution in [0.1, 0.15) is 44.1 Å². The standard InChI is InChI=1S/C20H26N2O3S2/c1-14-6-2-5-9-16(14)22-17-12-27(24,25)13-18(17)26-20(22)21-19(23)11-10-15-7-3-4-8-15/h2,5-6,9,15,17-18H,3-4,7-8,10-13H2,1H3/t17-,18-/m0/s1. The summed E-state index contributed by atoms with van der Waals surface area (Å²) in [6.45, 7) is 2.01. The van der Waals surface area contributed by atoms with Crippen molar-refractivity contribution in [3.63, 3.8) is 0 Å². The molecule has 1 saturated carbocycles. The third kappa shape index (κ3) is 4.09. The number of para-hydroxylation sites is 1. The van der Waals surface area contributed by atoms with E-state index in [2.05, 4.69) is 4.99 Å². The Balaban J connectivity index is 1.57. The molecule has 0 bridgehead atoms. The van der Waals surface area contributed by atoms with Gasteiger partial charge in [-0.3, -0.25) is 4.79 Å². The third-order valence-corrected chi connectivity index (χ3v) is 9.11. The molecular formula is C20H26N2O3S2. The fourth-order valence-corrected chi connectivity index (χ4v) is 8.39. The van der Waals surface area contributed by atoms with E-state index in [1.807, 2.05) is 36.1 Å². The normalized spacial score (nSPS) is 28.8. The number of amidine groups is 1. The smallest absolute Gasteiger partial charge is 0.248 e. The van der Waals surface area contributed by atoms with Gasteiger partial charge in [0.1, 0.15) is 0 Å². The molecule has 2 atom stereocenters. The zero-order valence-corrected chi connectivity index (χ0v) is 17.3. The Morgan fingerprint density at radius 2 is 1.96 bits per heavy atom. The average molecular weight is 407 g/mol. The number of anilines is 1. The summed E-state index contributed by atoms with van der Waals surface area (Å²) in [4.78, 5) is 19.0. The van der Waals surface area contributed by atoms with E-state index in [1.54, 1.807) is 0 Å². The molecule has 5 nitrogen and oxygen atoms in total. The number of nitrogens with zero attached hydrogens (tertiary/aromatic N) is 2. The van der Waals surface area contributed by atoms with Crippen molar-refractivity contribution in [1.29, 1.82) is 0 Å². The lowest BCUT2D eigenvalue weighted by molar-refractivity contribution is -0.118. The van der Waals surface area contributed by atoms with Crippen LogP contribution in [0.4, 0.5) is 5.69 Å². The van der Waals surface area contributed by atoms with Crippen molar-refractivity contribution in [2.24, 2.45) is 10.9 Å². The molecule has 2 saturated heterocycles. The molecule has 0 spiro atoms. The van der Waals surface area contributed by atoms with Gasteiger partial charge in [-0.25, -0.2) is 8.42 Å². The van der Waals surface area contributed by atoms with Crippen molar-refractivity contribution >= 4 is 38.4 Å². The van der Waals surface area contributed by atoms with Crippen LogP contribution in [0.25, 0.3) is 0 Å². The van der Waals surface area contributed by atoms with Crippen LogP contribution in [-0.4, -0.2) is 42.3 Å². The SMILES string of the molecule is Cc1ccccc1N1C(=NC(=O)CCC2CCCC2)S[C@H]2CS(=O)(=O)C[C@@H]21. The minimum absolute atomic E-state index is 0.0454. The average Bonchev–Trinajstić information content (AvgIpc) is 3.29. The van der Waals surface area contributed by atoms with Gasteiger partial charge in [0.2, 0.25) is 5.91 Å². The Morgan fingerprint density at radius 3 is 2.70 bits per heavy atom. The number of benzene rings is 1. The van der Waals surface area contributed by atoms with Crippen LogP contribution in [0.15, 0.2) is 29.3 Å². The fourth-order valence-electron chi connectivity index (χ4n) is 4.47. The molecule has 0 radical (unpaired) electrons. The first-order valence-electron chi connectivity index (χ1n) is 9.76. The maximum Gasteiger partial charge on any atom is 0.248 e. The minimum Gasteiger partial charge on any atom is -0.315 e. The Labute approximate surface area is 165 Å². The van der Waals surface area contributed by atoms with Gasteiger partial charge >= 0.3 is 0 Å². The molecule has 0 unspecified atom stereocenters. The molecule has 3 aliphatic rings. The quantitative estimate of drug-likeness (QED) is 0.765. The Kier molecular flexibility index (Phi) is 5.34. The van der Waals surface area contributed by atoms with Gasteiger partial charge in [-0.2, -0.15) is 4.99 Å². The lowest BCUT2D eigenvalue weighted by Gasteiger charge is -2.26. The van der Waals surface area contributed by atoms with E-state index in [4.69, 9.17) is 0 Å². The van der Waals surface area contributed by atoms with Crippen LogP contribution in [-0.2, 0) is 14.6 Å². The number of hydrogen-bond acceptors (Lipinski definition) is 4. The number of hydrogen-bond donors (Lipinski definition) is 0. The molecule has 1 aliphatic carbocycles. The molecule has 1 amide bonds. The van der Waals surface area contributed by atoms with E-state index in [9.17, 15) is 13.2 Å². The van der Waals surface area contributed by atoms with Crippen LogP contribution in [0.3, 0.4) is 0 Å². The first-order chi connectivity index (χ1) is 12.9. The van der Waals surface area contributed by atoms with Crippen LogP contribution in [0.5, 0.6) is 0 Å². The van der Waals surface area contributed by atoms with E-state index in [0.29, 0.717) is 17.5 Å². The van der Waals surface area contributed by atoms with Gasteiger partial charge in [0.05, 0.1) is 17.5 Å². The summed E-state index contributed by atoms with van der Waals surface area (Å²) in [5, 5.41) is 0.626. The molecular weight excluding hydrogens is 380 g/mol. The number of carbonyl (C=O) groups is 1. The van der Waals surface area contributed by atoms with Crippen molar-refractivity contribution in [2.75, 3.05) is 16.4 Å². The Hall–Kier alpha value is -1.34. The Morgan fingerprint density at radius 1 is 1.22 bits per heavy atom. The van der Waals surface area contributed by atoms with E-state index in [0.717, 1.165) is 17.7 Å². The second kappa shape index (κ2) is 7.59. The minimum atomic E-state index is -3.03. The highest BCUT2D eigenvalue weighted by molar-refractivity contribution is 8.16. The summed E-state index contributed by atoms with van der Waals surface area (Å²) in [5.41, 5.74) is 2.02. The number of carbonyl (C=O) groups excluding carboxylic acids is 1. The predicted molar refractivity (Wildman–Crippen MR) is 111 cm³/mol. The van der Waals surface area contributed by atoms with Gasteiger partial charge in [-0.15, -0.1) is 0 Å². The monoisotopic (exact) mass is 406 g/mol. The maximum atomic E-state index is 12.5. The van der Waals surface area contributed by atoms with Crippen molar-refractivity contribution in [3.05, 3.63) is 29.8 Å². The largest absolute Gasteiger partial charge is 0.315 e. The topological polar surface area (TPSA) is 66.8 Å². The van der Waals surface area contributed by atoms with E-state index in [1.165, 1.54) is 37.4 Å². The van der Waals surface area contributed by atoms with E-state index in [-0.39, 0.29) is 28.7 Å². The summed E-state index contributed by atoms with van der Waals surface area (Å²) in [7, 11) is -3.03. The fraction of sp³-hybridized carbons (Fsp3) is 0.600. The predicted octanol–water partition coefficient (Wildman–Crippen LogP) is 3.57. The molecule has 2 heterocycles. The summed E-state index contributed by atoms with van der Waals surface area (Å²) in [6.07, 6.45) is 6.44. The number of fused-ring (bicyclic) bond motifs is 1. The van der Waals surface area contributed by atoms with Crippen molar-refractivity contribution in [2.45, 2.75) is 56.7 Å². The van der Waals surface area contributed by atoms with Crippen LogP contribution >= 0.6 is 11.8 Å². The van der Waals surface area contributed by atoms with Crippen molar-refractivity contribution in [3.8, 4) is 0 Å². The van der Waals surface area contributed by atoms with Gasteiger partial charge in [0.15, 0.2) is 15.0 Å². The highest BCUT2D eigenvalue weighted by atomic mass is 32.2. The molecule has 7 heteroatoms. The second-order valence-corrected chi connectivity index (χ2v) is 11.3. The maximum absolute atomic E-state index is 12.5. The summed E-state index contributed by atoms with van der Waals surface area (Å²) in [6, 6.07) is 7.78. The van der Waals surface area contributed by atoms with Gasteiger partial charge < -0.3 is 4.90 Å². The van der Waals surface area contributed by atoms with Gasteiger partial charge in [-0.05, 0) is 30.9 Å². The number of aliphatic imine (C=N–C) groups is 1. The molecule has 1 aromatic carbocycles. The lowest BCUT2D eigenvalue weighted by atomic mass is 10.0. The van der Waals surface area contributed by atoms with E-state index >= 15 is 0 Å². The van der Waals surface area contributed by atoms with Gasteiger partial charge in [0.25, 0.3) is 0 Å².